The summed E-state index contributed by atoms with van der Waals surface area (Å²) >= 11 is 0. The molecule has 0 aliphatic heterocycles. The van der Waals surface area contributed by atoms with E-state index in [4.69, 9.17) is 4.52 Å². The number of aromatic nitrogens is 2. The number of hydrogen-bond donors (Lipinski definition) is 1. The number of nitrogens with zero attached hydrogens (tertiary/aromatic N) is 2. The molecule has 1 saturated carbocycles. The Kier molecular flexibility index (Phi) is 5.59. The number of carbonyl (C=O) groups excluding carboxylic acids is 1. The first kappa shape index (κ1) is 17.0. The summed E-state index contributed by atoms with van der Waals surface area (Å²) in [5, 5.41) is 7.18. The van der Waals surface area contributed by atoms with Crippen molar-refractivity contribution in [2.75, 3.05) is 0 Å². The van der Waals surface area contributed by atoms with E-state index in [1.807, 2.05) is 0 Å². The van der Waals surface area contributed by atoms with Gasteiger partial charge in [-0.15, -0.1) is 0 Å². The first-order valence-corrected chi connectivity index (χ1v) is 8.48. The summed E-state index contributed by atoms with van der Waals surface area (Å²) in [6, 6.07) is 0.358. The van der Waals surface area contributed by atoms with Crippen molar-refractivity contribution in [3.8, 4) is 0 Å². The Morgan fingerprint density at radius 3 is 2.68 bits per heavy atom. The second kappa shape index (κ2) is 7.25. The molecule has 1 heterocycles. The molecule has 1 aromatic rings. The van der Waals surface area contributed by atoms with Gasteiger partial charge in [0.15, 0.2) is 5.82 Å². The Morgan fingerprint density at radius 2 is 2.05 bits per heavy atom. The van der Waals surface area contributed by atoms with Gasteiger partial charge in [-0.25, -0.2) is 0 Å². The van der Waals surface area contributed by atoms with E-state index in [9.17, 15) is 4.79 Å². The van der Waals surface area contributed by atoms with Gasteiger partial charge in [-0.2, -0.15) is 4.98 Å². The van der Waals surface area contributed by atoms with Crippen molar-refractivity contribution in [2.45, 2.75) is 84.1 Å². The largest absolute Gasteiger partial charge is 0.353 e. The van der Waals surface area contributed by atoms with Crippen LogP contribution in [0.15, 0.2) is 4.52 Å². The Morgan fingerprint density at radius 1 is 1.32 bits per heavy atom. The smallest absolute Gasteiger partial charge is 0.226 e. The topological polar surface area (TPSA) is 68.0 Å². The number of amides is 1. The van der Waals surface area contributed by atoms with Crippen LogP contribution in [0, 0.1) is 5.92 Å². The summed E-state index contributed by atoms with van der Waals surface area (Å²) in [5.41, 5.74) is -0.101. The second-order valence-electron chi connectivity index (χ2n) is 7.55. The van der Waals surface area contributed by atoms with Crippen molar-refractivity contribution in [3.05, 3.63) is 11.7 Å². The van der Waals surface area contributed by atoms with Crippen molar-refractivity contribution in [2.24, 2.45) is 5.92 Å². The normalized spacial score (nSPS) is 22.5. The lowest BCUT2D eigenvalue weighted by molar-refractivity contribution is -0.122. The van der Waals surface area contributed by atoms with Gasteiger partial charge < -0.3 is 9.84 Å². The molecule has 22 heavy (non-hydrogen) atoms. The minimum Gasteiger partial charge on any atom is -0.353 e. The molecule has 0 radical (unpaired) electrons. The lowest BCUT2D eigenvalue weighted by Crippen LogP contribution is -2.40. The van der Waals surface area contributed by atoms with Gasteiger partial charge in [-0.05, 0) is 25.2 Å². The van der Waals surface area contributed by atoms with Gasteiger partial charge in [0, 0.05) is 24.3 Å². The molecule has 1 aliphatic rings. The summed E-state index contributed by atoms with van der Waals surface area (Å²) in [6.07, 6.45) is 6.80. The molecule has 5 heteroatoms. The number of hydrogen-bond acceptors (Lipinski definition) is 4. The maximum atomic E-state index is 12.0. The van der Waals surface area contributed by atoms with Crippen molar-refractivity contribution >= 4 is 5.91 Å². The van der Waals surface area contributed by atoms with Gasteiger partial charge in [-0.3, -0.25) is 4.79 Å². The molecule has 0 saturated heterocycles. The van der Waals surface area contributed by atoms with Crippen molar-refractivity contribution < 1.29 is 9.32 Å². The number of rotatable bonds is 5. The summed E-state index contributed by atoms with van der Waals surface area (Å²) < 4.78 is 5.25. The summed E-state index contributed by atoms with van der Waals surface area (Å²) in [5.74, 6) is 2.10. The van der Waals surface area contributed by atoms with E-state index in [-0.39, 0.29) is 11.3 Å². The lowest BCUT2D eigenvalue weighted by atomic mass is 9.86. The number of aryl methyl sites for hydroxylation is 1. The Labute approximate surface area is 133 Å². The van der Waals surface area contributed by atoms with Crippen LogP contribution in [0.3, 0.4) is 0 Å². The Hall–Kier alpha value is -1.39. The SMILES string of the molecule is C[C@H]1CCCC[C@H]1NC(=O)CCCc1nc(C(C)(C)C)no1. The average molecular weight is 307 g/mol. The van der Waals surface area contributed by atoms with Crippen LogP contribution in [0.1, 0.15) is 77.9 Å². The van der Waals surface area contributed by atoms with E-state index in [0.717, 1.165) is 18.7 Å². The molecule has 0 spiro atoms. The molecule has 1 fully saturated rings. The quantitative estimate of drug-likeness (QED) is 0.905. The van der Waals surface area contributed by atoms with E-state index < -0.39 is 0 Å². The third-order valence-electron chi connectivity index (χ3n) is 4.39. The molecule has 1 N–H and O–H groups in total. The third kappa shape index (κ3) is 4.82. The fraction of sp³-hybridized carbons (Fsp3) is 0.824. The van der Waals surface area contributed by atoms with Gasteiger partial charge >= 0.3 is 0 Å². The van der Waals surface area contributed by atoms with Gasteiger partial charge in [-0.1, -0.05) is 45.7 Å². The molecule has 1 aromatic heterocycles. The standard InChI is InChI=1S/C17H29N3O2/c1-12-8-5-6-9-13(12)18-14(21)10-7-11-15-19-16(20-22-15)17(2,3)4/h12-13H,5-11H2,1-4H3,(H,18,21)/t12-,13+/m0/s1. The molecule has 1 amide bonds. The fourth-order valence-corrected chi connectivity index (χ4v) is 2.87. The van der Waals surface area contributed by atoms with Crippen LogP contribution in [-0.2, 0) is 16.6 Å². The summed E-state index contributed by atoms with van der Waals surface area (Å²) in [7, 11) is 0. The van der Waals surface area contributed by atoms with Crippen LogP contribution < -0.4 is 5.32 Å². The van der Waals surface area contributed by atoms with E-state index in [0.29, 0.717) is 30.7 Å². The van der Waals surface area contributed by atoms with Crippen LogP contribution in [0.5, 0.6) is 0 Å². The molecular weight excluding hydrogens is 278 g/mol. The molecule has 5 nitrogen and oxygen atoms in total. The molecular formula is C17H29N3O2. The zero-order valence-corrected chi connectivity index (χ0v) is 14.3. The van der Waals surface area contributed by atoms with Crippen LogP contribution in [0.4, 0.5) is 0 Å². The van der Waals surface area contributed by atoms with Crippen molar-refractivity contribution in [1.29, 1.82) is 0 Å². The predicted octanol–water partition coefficient (Wildman–Crippen LogP) is 3.38. The van der Waals surface area contributed by atoms with Gasteiger partial charge in [0.25, 0.3) is 0 Å². The lowest BCUT2D eigenvalue weighted by Gasteiger charge is -2.29. The molecule has 0 unspecified atom stereocenters. The average Bonchev–Trinajstić information content (AvgIpc) is 2.90. The van der Waals surface area contributed by atoms with E-state index in [1.165, 1.54) is 19.3 Å². The van der Waals surface area contributed by atoms with Crippen LogP contribution in [-0.4, -0.2) is 22.1 Å². The molecule has 1 aliphatic carbocycles. The highest BCUT2D eigenvalue weighted by Gasteiger charge is 2.23. The fourth-order valence-electron chi connectivity index (χ4n) is 2.87. The molecule has 0 bridgehead atoms. The molecule has 0 aromatic carbocycles. The second-order valence-corrected chi connectivity index (χ2v) is 7.55. The van der Waals surface area contributed by atoms with Crippen LogP contribution in [0.2, 0.25) is 0 Å². The van der Waals surface area contributed by atoms with E-state index >= 15 is 0 Å². The molecule has 2 rings (SSSR count). The maximum Gasteiger partial charge on any atom is 0.226 e. The summed E-state index contributed by atoms with van der Waals surface area (Å²) in [6.45, 7) is 8.40. The zero-order valence-electron chi connectivity index (χ0n) is 14.3. The Bertz CT molecular complexity index is 490. The Balaban J connectivity index is 1.71. The highest BCUT2D eigenvalue weighted by molar-refractivity contribution is 5.76. The van der Waals surface area contributed by atoms with Gasteiger partial charge in [0.2, 0.25) is 11.8 Å². The van der Waals surface area contributed by atoms with Gasteiger partial charge in [0.05, 0.1) is 0 Å². The van der Waals surface area contributed by atoms with Crippen LogP contribution >= 0.6 is 0 Å². The third-order valence-corrected chi connectivity index (χ3v) is 4.39. The van der Waals surface area contributed by atoms with Gasteiger partial charge in [0.1, 0.15) is 0 Å². The zero-order chi connectivity index (χ0) is 16.2. The minimum atomic E-state index is -0.101. The number of carbonyl (C=O) groups is 1. The van der Waals surface area contributed by atoms with Crippen molar-refractivity contribution in [3.63, 3.8) is 0 Å². The van der Waals surface area contributed by atoms with Crippen LogP contribution in [0.25, 0.3) is 0 Å². The maximum absolute atomic E-state index is 12.0. The first-order valence-electron chi connectivity index (χ1n) is 8.48. The molecule has 124 valence electrons. The highest BCUT2D eigenvalue weighted by atomic mass is 16.5. The number of nitrogens with one attached hydrogen (secondary N) is 1. The van der Waals surface area contributed by atoms with E-state index in [1.54, 1.807) is 0 Å². The predicted molar refractivity (Wildman–Crippen MR) is 85.5 cm³/mol. The van der Waals surface area contributed by atoms with E-state index in [2.05, 4.69) is 43.2 Å². The highest BCUT2D eigenvalue weighted by Crippen LogP contribution is 2.24. The summed E-state index contributed by atoms with van der Waals surface area (Å²) in [4.78, 5) is 16.4. The monoisotopic (exact) mass is 307 g/mol. The van der Waals surface area contributed by atoms with Crippen molar-refractivity contribution in [1.82, 2.24) is 15.5 Å². The first-order chi connectivity index (χ1) is 10.4. The minimum absolute atomic E-state index is 0.101. The molecule has 2 atom stereocenters.